The molecule has 0 heterocycles. The van der Waals surface area contributed by atoms with Gasteiger partial charge >= 0.3 is 6.03 Å². The number of urea groups is 1. The molecule has 0 aromatic rings. The van der Waals surface area contributed by atoms with Gasteiger partial charge in [-0.1, -0.05) is 6.92 Å². The predicted molar refractivity (Wildman–Crippen MR) is 57.5 cm³/mol. The average molecular weight is 233 g/mol. The first-order valence-corrected chi connectivity index (χ1v) is 5.00. The van der Waals surface area contributed by atoms with Crippen LogP contribution in [0.15, 0.2) is 0 Å². The van der Waals surface area contributed by atoms with E-state index in [4.69, 9.17) is 15.9 Å². The van der Waals surface area contributed by atoms with E-state index in [1.165, 1.54) is 6.92 Å². The molecule has 7 heteroatoms. The van der Waals surface area contributed by atoms with Crippen LogP contribution in [0.25, 0.3) is 0 Å². The van der Waals surface area contributed by atoms with E-state index >= 15 is 0 Å². The summed E-state index contributed by atoms with van der Waals surface area (Å²) < 4.78 is 0. The number of amides is 3. The summed E-state index contributed by atoms with van der Waals surface area (Å²) in [5.41, 5.74) is 3.86. The molecular weight excluding hydrogens is 214 g/mol. The van der Waals surface area contributed by atoms with Crippen molar-refractivity contribution in [3.63, 3.8) is 0 Å². The lowest BCUT2D eigenvalue weighted by molar-refractivity contribution is -0.122. The minimum atomic E-state index is -0.936. The fourth-order valence-electron chi connectivity index (χ4n) is 1.22. The number of hydrogen-bond acceptors (Lipinski definition) is 5. The van der Waals surface area contributed by atoms with Crippen molar-refractivity contribution in [2.24, 2.45) is 5.73 Å². The van der Waals surface area contributed by atoms with E-state index in [2.05, 4.69) is 5.32 Å². The van der Waals surface area contributed by atoms with Crippen molar-refractivity contribution >= 4 is 11.9 Å². The second-order valence-electron chi connectivity index (χ2n) is 3.67. The maximum absolute atomic E-state index is 11.3. The molecule has 16 heavy (non-hydrogen) atoms. The predicted octanol–water partition coefficient (Wildman–Crippen LogP) is -1.71. The molecular formula is C9H19N3O4. The van der Waals surface area contributed by atoms with E-state index in [0.29, 0.717) is 6.42 Å². The first kappa shape index (κ1) is 14.8. The number of carbonyl (C=O) groups excluding carboxylic acids is 2. The van der Waals surface area contributed by atoms with Crippen LogP contribution in [0.2, 0.25) is 0 Å². The van der Waals surface area contributed by atoms with E-state index in [-0.39, 0.29) is 13.2 Å². The summed E-state index contributed by atoms with van der Waals surface area (Å²) in [5.74, 6) is -0.604. The highest BCUT2D eigenvalue weighted by atomic mass is 16.3. The zero-order valence-electron chi connectivity index (χ0n) is 9.49. The Hall–Kier alpha value is -1.18. The lowest BCUT2D eigenvalue weighted by atomic mass is 9.97. The molecule has 0 aliphatic rings. The van der Waals surface area contributed by atoms with Gasteiger partial charge in [-0.2, -0.15) is 0 Å². The molecule has 0 saturated heterocycles. The smallest absolute Gasteiger partial charge is 0.318 e. The Morgan fingerprint density at radius 1 is 1.38 bits per heavy atom. The fourth-order valence-corrected chi connectivity index (χ4v) is 1.22. The molecule has 6 N–H and O–H groups in total. The van der Waals surface area contributed by atoms with Crippen molar-refractivity contribution in [1.29, 1.82) is 0 Å². The Bertz CT molecular complexity index is 245. The minimum Gasteiger partial charge on any atom is -0.394 e. The molecule has 0 aromatic heterocycles. The van der Waals surface area contributed by atoms with Gasteiger partial charge in [0.1, 0.15) is 0 Å². The van der Waals surface area contributed by atoms with Crippen LogP contribution >= 0.6 is 0 Å². The third-order valence-electron chi connectivity index (χ3n) is 2.44. The van der Waals surface area contributed by atoms with Crippen molar-refractivity contribution in [2.45, 2.75) is 31.8 Å². The summed E-state index contributed by atoms with van der Waals surface area (Å²) in [4.78, 5) is 21.8. The Morgan fingerprint density at radius 3 is 2.19 bits per heavy atom. The van der Waals surface area contributed by atoms with Crippen LogP contribution in [0, 0.1) is 0 Å². The number of hydrogen-bond donors (Lipinski definition) is 5. The first-order chi connectivity index (χ1) is 7.40. The molecule has 0 fully saturated rings. The number of carbonyl (C=O) groups is 2. The van der Waals surface area contributed by atoms with Gasteiger partial charge in [-0.25, -0.2) is 4.79 Å². The van der Waals surface area contributed by atoms with Gasteiger partial charge in [-0.05, 0) is 13.3 Å². The fraction of sp³-hybridized carbons (Fsp3) is 0.778. The summed E-state index contributed by atoms with van der Waals surface area (Å²) in [6, 6.07) is -1.68. The number of aliphatic hydroxyl groups is 2. The van der Waals surface area contributed by atoms with Crippen LogP contribution < -0.4 is 16.4 Å². The summed E-state index contributed by atoms with van der Waals surface area (Å²) in [6.07, 6.45) is 0.439. The van der Waals surface area contributed by atoms with Crippen LogP contribution in [0.3, 0.4) is 0 Å². The zero-order chi connectivity index (χ0) is 12.8. The number of nitrogens with two attached hydrogens (primary N) is 1. The van der Waals surface area contributed by atoms with Crippen LogP contribution in [0.5, 0.6) is 0 Å². The second kappa shape index (κ2) is 6.41. The Morgan fingerprint density at radius 2 is 1.88 bits per heavy atom. The summed E-state index contributed by atoms with van der Waals surface area (Å²) in [7, 11) is 0. The Labute approximate surface area is 94.0 Å². The zero-order valence-corrected chi connectivity index (χ0v) is 9.49. The minimum absolute atomic E-state index is 0.311. The quantitative estimate of drug-likeness (QED) is 0.374. The molecule has 1 unspecified atom stereocenters. The molecule has 0 radical (unpaired) electrons. The second-order valence-corrected chi connectivity index (χ2v) is 3.67. The molecule has 0 saturated carbocycles. The van der Waals surface area contributed by atoms with Gasteiger partial charge in [0.15, 0.2) is 0 Å². The number of rotatable bonds is 6. The SMILES string of the molecule is CCC(CO)(CO)NC(C)C(=O)NC(N)=O. The maximum Gasteiger partial charge on any atom is 0.318 e. The highest BCUT2D eigenvalue weighted by Gasteiger charge is 2.30. The molecule has 3 amide bonds. The summed E-state index contributed by atoms with van der Waals surface area (Å²) >= 11 is 0. The molecule has 0 spiro atoms. The molecule has 94 valence electrons. The van der Waals surface area contributed by atoms with E-state index < -0.39 is 23.5 Å². The van der Waals surface area contributed by atoms with Gasteiger partial charge < -0.3 is 15.9 Å². The van der Waals surface area contributed by atoms with Crippen molar-refractivity contribution in [3.05, 3.63) is 0 Å². The molecule has 1 atom stereocenters. The van der Waals surface area contributed by atoms with Gasteiger partial charge in [0, 0.05) is 0 Å². The van der Waals surface area contributed by atoms with Crippen LogP contribution in [-0.4, -0.2) is 46.9 Å². The van der Waals surface area contributed by atoms with Crippen molar-refractivity contribution in [3.8, 4) is 0 Å². The van der Waals surface area contributed by atoms with E-state index in [1.807, 2.05) is 5.32 Å². The van der Waals surface area contributed by atoms with Gasteiger partial charge in [-0.15, -0.1) is 0 Å². The Kier molecular flexibility index (Phi) is 5.94. The number of nitrogens with one attached hydrogen (secondary N) is 2. The van der Waals surface area contributed by atoms with Crippen molar-refractivity contribution in [1.82, 2.24) is 10.6 Å². The maximum atomic E-state index is 11.3. The molecule has 0 aliphatic heterocycles. The highest BCUT2D eigenvalue weighted by Crippen LogP contribution is 2.09. The third kappa shape index (κ3) is 4.13. The number of aliphatic hydroxyl groups excluding tert-OH is 2. The molecule has 7 nitrogen and oxygen atoms in total. The van der Waals surface area contributed by atoms with Crippen molar-refractivity contribution < 1.29 is 19.8 Å². The third-order valence-corrected chi connectivity index (χ3v) is 2.44. The molecule has 0 aliphatic carbocycles. The van der Waals surface area contributed by atoms with Crippen molar-refractivity contribution in [2.75, 3.05) is 13.2 Å². The summed E-state index contributed by atoms with van der Waals surface area (Å²) in [6.45, 7) is 2.65. The van der Waals surface area contributed by atoms with E-state index in [9.17, 15) is 9.59 Å². The topological polar surface area (TPSA) is 125 Å². The molecule has 0 rings (SSSR count). The average Bonchev–Trinajstić information content (AvgIpc) is 2.25. The number of primary amides is 1. The van der Waals surface area contributed by atoms with Gasteiger partial charge in [0.05, 0.1) is 24.8 Å². The lowest BCUT2D eigenvalue weighted by Crippen LogP contribution is -2.59. The lowest BCUT2D eigenvalue weighted by Gasteiger charge is -2.32. The van der Waals surface area contributed by atoms with Crippen LogP contribution in [-0.2, 0) is 4.79 Å². The molecule has 0 aromatic carbocycles. The Balaban J connectivity index is 4.45. The van der Waals surface area contributed by atoms with E-state index in [0.717, 1.165) is 0 Å². The van der Waals surface area contributed by atoms with Gasteiger partial charge in [-0.3, -0.25) is 15.4 Å². The normalized spacial score (nSPS) is 13.2. The van der Waals surface area contributed by atoms with Gasteiger partial charge in [0.25, 0.3) is 0 Å². The van der Waals surface area contributed by atoms with Crippen LogP contribution in [0.1, 0.15) is 20.3 Å². The van der Waals surface area contributed by atoms with E-state index in [1.54, 1.807) is 6.92 Å². The largest absolute Gasteiger partial charge is 0.394 e. The standard InChI is InChI=1S/C9H19N3O4/c1-3-9(4-13,5-14)12-6(2)7(15)11-8(10)16/h6,12-14H,3-5H2,1-2H3,(H3,10,11,15,16). The highest BCUT2D eigenvalue weighted by molar-refractivity contribution is 5.96. The first-order valence-electron chi connectivity index (χ1n) is 5.00. The van der Waals surface area contributed by atoms with Gasteiger partial charge in [0.2, 0.25) is 5.91 Å². The summed E-state index contributed by atoms with van der Waals surface area (Å²) in [5, 5.41) is 23.0. The number of imide groups is 1. The molecule has 0 bridgehead atoms. The monoisotopic (exact) mass is 233 g/mol. The van der Waals surface area contributed by atoms with Crippen LogP contribution in [0.4, 0.5) is 4.79 Å².